The summed E-state index contributed by atoms with van der Waals surface area (Å²) in [5.41, 5.74) is 0. The molecular formula is C56H116O6. The van der Waals surface area contributed by atoms with Crippen molar-refractivity contribution in [3.8, 4) is 0 Å². The van der Waals surface area contributed by atoms with E-state index in [9.17, 15) is 19.2 Å². The molecule has 1 unspecified atom stereocenters. The highest BCUT2D eigenvalue weighted by atomic mass is 16.3. The Hall–Kier alpha value is -1.66. The van der Waals surface area contributed by atoms with Gasteiger partial charge in [0.25, 0.3) is 0 Å². The number of Topliss-reactive ketones (excluding diaryl/α,β-unsaturated/α-hetero) is 2. The van der Waals surface area contributed by atoms with E-state index in [2.05, 4.69) is 55.0 Å². The number of aliphatic hydroxyl groups excluding tert-OH is 2. The molecule has 0 aromatic rings. The summed E-state index contributed by atoms with van der Waals surface area (Å²) in [5.74, 6) is 0.650. The minimum absolute atomic E-state index is 0.0955. The highest BCUT2D eigenvalue weighted by Gasteiger charge is 1.94. The normalized spacial score (nSPS) is 10.1. The predicted octanol–water partition coefficient (Wildman–Crippen LogP) is 18.0. The van der Waals surface area contributed by atoms with E-state index >= 15 is 0 Å². The molecule has 1 atom stereocenters. The van der Waals surface area contributed by atoms with E-state index < -0.39 is 0 Å². The largest absolute Gasteiger partial charge is 0.396 e. The van der Waals surface area contributed by atoms with Gasteiger partial charge in [0.15, 0.2) is 0 Å². The minimum atomic E-state index is -0.0955. The quantitative estimate of drug-likeness (QED) is 0.0363. The van der Waals surface area contributed by atoms with Gasteiger partial charge in [-0.15, -0.1) is 6.58 Å². The SMILES string of the molecule is C=CCCCCCC.CCCCCCC(C)=O.CCCCCCC(C)=O.CCCCCCC(C)O.CCCCCCCC=O.CCCCCCCC=O.CCCCCCCCO. The maximum atomic E-state index is 10.4. The Morgan fingerprint density at radius 3 is 0.952 bits per heavy atom. The number of carbonyl (C=O) groups excluding carboxylic acids is 4. The molecule has 0 spiro atoms. The number of ketones is 2. The number of allylic oxidation sites excluding steroid dienone is 1. The second-order valence-corrected chi connectivity index (χ2v) is 17.1. The van der Waals surface area contributed by atoms with Gasteiger partial charge in [0, 0.05) is 32.3 Å². The fourth-order valence-electron chi connectivity index (χ4n) is 5.74. The number of rotatable bonds is 38. The van der Waals surface area contributed by atoms with Crippen LogP contribution in [0.1, 0.15) is 313 Å². The summed E-state index contributed by atoms with van der Waals surface area (Å²) in [5, 5.41) is 17.3. The molecule has 62 heavy (non-hydrogen) atoms. The third kappa shape index (κ3) is 124. The third-order valence-electron chi connectivity index (χ3n) is 9.86. The zero-order valence-electron chi connectivity index (χ0n) is 44.1. The average molecular weight is 886 g/mol. The zero-order chi connectivity index (χ0) is 48.4. The van der Waals surface area contributed by atoms with Gasteiger partial charge in [-0.1, -0.05) is 221 Å². The Labute approximate surface area is 390 Å². The maximum absolute atomic E-state index is 10.4. The van der Waals surface area contributed by atoms with Crippen LogP contribution in [0.25, 0.3) is 0 Å². The summed E-state index contributed by atoms with van der Waals surface area (Å²) in [6, 6.07) is 0. The number of aldehydes is 2. The summed E-state index contributed by atoms with van der Waals surface area (Å²) < 4.78 is 0. The van der Waals surface area contributed by atoms with Gasteiger partial charge in [-0.05, 0) is 72.1 Å². The van der Waals surface area contributed by atoms with Crippen molar-refractivity contribution < 1.29 is 29.4 Å². The van der Waals surface area contributed by atoms with Crippen LogP contribution in [-0.4, -0.2) is 47.1 Å². The molecule has 2 N–H and O–H groups in total. The molecule has 0 bridgehead atoms. The standard InChI is InChI=1S/C8H18O.2C8H16O.C8H18O.2C8H16O.C8H16/c3*1-3-4-5-6-7-8(2)9;3*1-2-3-4-5-6-7-8-9;1-3-5-7-8-6-4-2/h8-9H,3-7H2,1-2H3;2*3-7H2,1-2H3;9H,2-8H2,1H3;2*8H,2-7H2,1H3;3H,1,4-8H2,2H3. The fourth-order valence-corrected chi connectivity index (χ4v) is 5.74. The smallest absolute Gasteiger partial charge is 0.129 e. The molecule has 6 heteroatoms. The summed E-state index contributed by atoms with van der Waals surface area (Å²) in [6.45, 7) is 24.6. The lowest BCUT2D eigenvalue weighted by Crippen LogP contribution is -1.97. The Bertz CT molecular complexity index is 720. The van der Waals surface area contributed by atoms with Gasteiger partial charge in [-0.3, -0.25) is 0 Å². The molecule has 0 aliphatic rings. The molecule has 0 radical (unpaired) electrons. The molecule has 376 valence electrons. The van der Waals surface area contributed by atoms with Crippen molar-refractivity contribution in [2.24, 2.45) is 0 Å². The topological polar surface area (TPSA) is 109 Å². The third-order valence-corrected chi connectivity index (χ3v) is 9.86. The number of aliphatic hydroxyl groups is 2. The van der Waals surface area contributed by atoms with Gasteiger partial charge in [-0.2, -0.15) is 0 Å². The van der Waals surface area contributed by atoms with Crippen molar-refractivity contribution >= 4 is 24.1 Å². The Kier molecular flexibility index (Phi) is 99.9. The van der Waals surface area contributed by atoms with Crippen LogP contribution in [0.15, 0.2) is 12.7 Å². The van der Waals surface area contributed by atoms with E-state index in [0.717, 1.165) is 76.8 Å². The molecule has 0 aromatic carbocycles. The minimum Gasteiger partial charge on any atom is -0.396 e. The van der Waals surface area contributed by atoms with Crippen LogP contribution in [0, 0.1) is 0 Å². The van der Waals surface area contributed by atoms with E-state index in [4.69, 9.17) is 10.2 Å². The molecule has 6 nitrogen and oxygen atoms in total. The number of unbranched alkanes of at least 4 members (excludes halogenated alkanes) is 28. The van der Waals surface area contributed by atoms with Crippen LogP contribution in [0.2, 0.25) is 0 Å². The van der Waals surface area contributed by atoms with Crippen molar-refractivity contribution in [1.29, 1.82) is 0 Å². The van der Waals surface area contributed by atoms with Crippen LogP contribution >= 0.6 is 0 Å². The van der Waals surface area contributed by atoms with E-state index in [0.29, 0.717) is 18.2 Å². The van der Waals surface area contributed by atoms with Crippen molar-refractivity contribution in [3.05, 3.63) is 12.7 Å². The molecule has 0 saturated carbocycles. The van der Waals surface area contributed by atoms with Gasteiger partial charge in [0.2, 0.25) is 0 Å². The van der Waals surface area contributed by atoms with Crippen LogP contribution < -0.4 is 0 Å². The lowest BCUT2D eigenvalue weighted by atomic mass is 10.1. The second kappa shape index (κ2) is 83.0. The first-order valence-corrected chi connectivity index (χ1v) is 26.7. The van der Waals surface area contributed by atoms with Crippen LogP contribution in [0.4, 0.5) is 0 Å². The molecule has 0 amide bonds. The number of hydrogen-bond donors (Lipinski definition) is 2. The molecule has 0 aliphatic heterocycles. The number of hydrogen-bond acceptors (Lipinski definition) is 6. The van der Waals surface area contributed by atoms with Gasteiger partial charge in [0.1, 0.15) is 24.1 Å². The van der Waals surface area contributed by atoms with Crippen molar-refractivity contribution in [2.45, 2.75) is 319 Å². The summed E-state index contributed by atoms with van der Waals surface area (Å²) in [4.78, 5) is 40.5. The van der Waals surface area contributed by atoms with E-state index in [-0.39, 0.29) is 6.10 Å². The molecule has 0 heterocycles. The lowest BCUT2D eigenvalue weighted by Gasteiger charge is -2.01. The molecule has 0 saturated heterocycles. The van der Waals surface area contributed by atoms with Crippen LogP contribution in [0.5, 0.6) is 0 Å². The highest BCUT2D eigenvalue weighted by Crippen LogP contribution is 2.07. The molecule has 0 fully saturated rings. The molecule has 0 aromatic heterocycles. The summed E-state index contributed by atoms with van der Waals surface area (Å²) in [6.07, 6.45) is 49.2. The first-order chi connectivity index (χ1) is 30.0. The van der Waals surface area contributed by atoms with E-state index in [1.54, 1.807) is 13.8 Å². The Morgan fingerprint density at radius 1 is 0.419 bits per heavy atom. The highest BCUT2D eigenvalue weighted by molar-refractivity contribution is 5.75. The monoisotopic (exact) mass is 885 g/mol. The Morgan fingerprint density at radius 2 is 0.677 bits per heavy atom. The lowest BCUT2D eigenvalue weighted by molar-refractivity contribution is -0.117. The van der Waals surface area contributed by atoms with Crippen molar-refractivity contribution in [2.75, 3.05) is 6.61 Å². The molecular weight excluding hydrogens is 769 g/mol. The van der Waals surface area contributed by atoms with Gasteiger partial charge < -0.3 is 29.4 Å². The van der Waals surface area contributed by atoms with E-state index in [1.165, 1.54) is 180 Å². The predicted molar refractivity (Wildman–Crippen MR) is 278 cm³/mol. The van der Waals surface area contributed by atoms with E-state index in [1.807, 2.05) is 13.0 Å². The van der Waals surface area contributed by atoms with Crippen LogP contribution in [-0.2, 0) is 19.2 Å². The molecule has 0 rings (SSSR count). The summed E-state index contributed by atoms with van der Waals surface area (Å²) in [7, 11) is 0. The van der Waals surface area contributed by atoms with Gasteiger partial charge in [0.05, 0.1) is 6.10 Å². The van der Waals surface area contributed by atoms with Gasteiger partial charge in [-0.25, -0.2) is 0 Å². The summed E-state index contributed by atoms with van der Waals surface area (Å²) >= 11 is 0. The van der Waals surface area contributed by atoms with Gasteiger partial charge >= 0.3 is 0 Å². The first kappa shape index (κ1) is 74.7. The fraction of sp³-hybridized carbons (Fsp3) is 0.893. The first-order valence-electron chi connectivity index (χ1n) is 26.7. The molecule has 0 aliphatic carbocycles. The maximum Gasteiger partial charge on any atom is 0.129 e. The average Bonchev–Trinajstić information content (AvgIpc) is 3.25. The van der Waals surface area contributed by atoms with Crippen molar-refractivity contribution in [3.63, 3.8) is 0 Å². The van der Waals surface area contributed by atoms with Crippen molar-refractivity contribution in [1.82, 2.24) is 0 Å². The Balaban J connectivity index is -0.000000114. The second-order valence-electron chi connectivity index (χ2n) is 17.1. The van der Waals surface area contributed by atoms with Crippen LogP contribution in [0.3, 0.4) is 0 Å². The zero-order valence-corrected chi connectivity index (χ0v) is 44.1. The number of carbonyl (C=O) groups is 4.